The summed E-state index contributed by atoms with van der Waals surface area (Å²) in [5, 5.41) is 1.59. The minimum absolute atomic E-state index is 0.0677. The predicted molar refractivity (Wildman–Crippen MR) is 104 cm³/mol. The van der Waals surface area contributed by atoms with Gasteiger partial charge in [0.2, 0.25) is 10.0 Å². The molecule has 5 nitrogen and oxygen atoms in total. The molecule has 0 radical (unpaired) electrons. The van der Waals surface area contributed by atoms with Crippen LogP contribution in [0.5, 0.6) is 0 Å². The van der Waals surface area contributed by atoms with E-state index in [0.29, 0.717) is 10.0 Å². The molecule has 1 N–H and O–H groups in total. The van der Waals surface area contributed by atoms with Crippen molar-refractivity contribution in [2.45, 2.75) is 24.3 Å². The van der Waals surface area contributed by atoms with Crippen molar-refractivity contribution in [2.75, 3.05) is 13.7 Å². The Morgan fingerprint density at radius 3 is 2.50 bits per heavy atom. The number of nitrogens with zero attached hydrogens (tertiary/aromatic N) is 1. The molecule has 1 saturated heterocycles. The van der Waals surface area contributed by atoms with Crippen molar-refractivity contribution >= 4 is 33.2 Å². The normalized spacial score (nSPS) is 22.5. The Morgan fingerprint density at radius 2 is 1.85 bits per heavy atom. The average Bonchev–Trinajstić information content (AvgIpc) is 3.00. The van der Waals surface area contributed by atoms with Gasteiger partial charge in [-0.2, -0.15) is 5.06 Å². The summed E-state index contributed by atoms with van der Waals surface area (Å²) in [5.74, 6) is 0. The zero-order valence-corrected chi connectivity index (χ0v) is 16.7. The molecular weight excluding hydrogens is 395 g/mol. The lowest BCUT2D eigenvalue weighted by atomic mass is 10.0. The number of sulfonamides is 1. The first-order valence-electron chi connectivity index (χ1n) is 8.16. The van der Waals surface area contributed by atoms with Gasteiger partial charge in [0, 0.05) is 13.1 Å². The minimum Gasteiger partial charge on any atom is -0.297 e. The molecule has 2 aromatic rings. The van der Waals surface area contributed by atoms with Gasteiger partial charge < -0.3 is 0 Å². The first kappa shape index (κ1) is 19.6. The number of hydroxylamine groups is 2. The van der Waals surface area contributed by atoms with Crippen molar-refractivity contribution in [1.82, 2.24) is 9.79 Å². The monoisotopic (exact) mass is 414 g/mol. The smallest absolute Gasteiger partial charge is 0.219 e. The van der Waals surface area contributed by atoms with Gasteiger partial charge in [0.15, 0.2) is 0 Å². The van der Waals surface area contributed by atoms with E-state index in [0.717, 1.165) is 11.1 Å². The molecule has 2 aromatic carbocycles. The van der Waals surface area contributed by atoms with Gasteiger partial charge in [0.05, 0.1) is 22.7 Å². The second kappa shape index (κ2) is 7.84. The van der Waals surface area contributed by atoms with Crippen LogP contribution in [0.1, 0.15) is 30.1 Å². The zero-order chi connectivity index (χ0) is 18.9. The molecule has 8 heteroatoms. The van der Waals surface area contributed by atoms with Crippen molar-refractivity contribution in [3.63, 3.8) is 0 Å². The summed E-state index contributed by atoms with van der Waals surface area (Å²) in [5.41, 5.74) is 1.64. The van der Waals surface area contributed by atoms with Crippen LogP contribution in [0.3, 0.4) is 0 Å². The largest absolute Gasteiger partial charge is 0.297 e. The summed E-state index contributed by atoms with van der Waals surface area (Å²) < 4.78 is 28.8. The van der Waals surface area contributed by atoms with Gasteiger partial charge in [-0.1, -0.05) is 59.6 Å². The third-order valence-electron chi connectivity index (χ3n) is 4.51. The summed E-state index contributed by atoms with van der Waals surface area (Å²) in [7, 11) is -1.94. The standard InChI is InChI=1S/C18H20Cl2N2O3S/c1-12(13-6-4-3-5-7-13)21-26(23,24)17-11-25-22(2)18(17)14-8-9-15(19)16(20)10-14/h3-10,12,17-18,21H,11H2,1-2H3/t12-,17-,18+/m0/s1. The molecule has 3 atom stereocenters. The molecule has 0 aromatic heterocycles. The highest BCUT2D eigenvalue weighted by atomic mass is 35.5. The van der Waals surface area contributed by atoms with Gasteiger partial charge in [-0.3, -0.25) is 4.84 Å². The van der Waals surface area contributed by atoms with Crippen LogP contribution in [0.15, 0.2) is 48.5 Å². The Kier molecular flexibility index (Phi) is 5.91. The topological polar surface area (TPSA) is 58.6 Å². The number of benzene rings is 2. The maximum Gasteiger partial charge on any atom is 0.219 e. The first-order valence-corrected chi connectivity index (χ1v) is 10.5. The lowest BCUT2D eigenvalue weighted by molar-refractivity contribution is -0.110. The fourth-order valence-corrected chi connectivity index (χ4v) is 5.14. The van der Waals surface area contributed by atoms with Crippen LogP contribution < -0.4 is 4.72 Å². The molecule has 0 saturated carbocycles. The van der Waals surface area contributed by atoms with E-state index in [2.05, 4.69) is 4.72 Å². The number of hydrogen-bond acceptors (Lipinski definition) is 4. The molecule has 140 valence electrons. The molecule has 0 bridgehead atoms. The maximum atomic E-state index is 13.0. The summed E-state index contributed by atoms with van der Waals surface area (Å²) >= 11 is 12.1. The van der Waals surface area contributed by atoms with Crippen LogP contribution in [0.4, 0.5) is 0 Å². The van der Waals surface area contributed by atoms with E-state index in [1.807, 2.05) is 37.3 Å². The van der Waals surface area contributed by atoms with Crippen LogP contribution in [0.25, 0.3) is 0 Å². The van der Waals surface area contributed by atoms with Gasteiger partial charge in [0.25, 0.3) is 0 Å². The van der Waals surface area contributed by atoms with Crippen LogP contribution in [-0.4, -0.2) is 32.4 Å². The van der Waals surface area contributed by atoms with E-state index in [1.54, 1.807) is 30.3 Å². The number of rotatable bonds is 5. The highest BCUT2D eigenvalue weighted by Crippen LogP contribution is 2.36. The van der Waals surface area contributed by atoms with E-state index < -0.39 is 21.3 Å². The molecule has 0 aliphatic carbocycles. The van der Waals surface area contributed by atoms with E-state index in [1.165, 1.54) is 0 Å². The average molecular weight is 415 g/mol. The Balaban J connectivity index is 1.86. The Labute approximate surface area is 163 Å². The van der Waals surface area contributed by atoms with Gasteiger partial charge in [-0.25, -0.2) is 13.1 Å². The highest BCUT2D eigenvalue weighted by Gasteiger charge is 2.43. The van der Waals surface area contributed by atoms with Gasteiger partial charge in [0.1, 0.15) is 5.25 Å². The minimum atomic E-state index is -3.65. The van der Waals surface area contributed by atoms with Crippen molar-refractivity contribution < 1.29 is 13.3 Å². The van der Waals surface area contributed by atoms with E-state index in [-0.39, 0.29) is 12.6 Å². The second-order valence-corrected chi connectivity index (χ2v) is 9.04. The number of hydrogen-bond donors (Lipinski definition) is 1. The summed E-state index contributed by atoms with van der Waals surface area (Å²) in [6.45, 7) is 1.89. The van der Waals surface area contributed by atoms with Gasteiger partial charge in [-0.15, -0.1) is 0 Å². The molecule has 0 unspecified atom stereocenters. The second-order valence-electron chi connectivity index (χ2n) is 6.29. The highest BCUT2D eigenvalue weighted by molar-refractivity contribution is 7.90. The lowest BCUT2D eigenvalue weighted by Gasteiger charge is -2.25. The molecular formula is C18H20Cl2N2O3S. The molecule has 3 rings (SSSR count). The third-order valence-corrected chi connectivity index (χ3v) is 7.12. The number of nitrogens with one attached hydrogen (secondary N) is 1. The first-order chi connectivity index (χ1) is 12.3. The fraction of sp³-hybridized carbons (Fsp3) is 0.333. The predicted octanol–water partition coefficient (Wildman–Crippen LogP) is 3.96. The van der Waals surface area contributed by atoms with E-state index >= 15 is 0 Å². The summed E-state index contributed by atoms with van der Waals surface area (Å²) in [6.07, 6.45) is 0. The van der Waals surface area contributed by atoms with Crippen LogP contribution in [0.2, 0.25) is 10.0 Å². The van der Waals surface area contributed by atoms with Crippen LogP contribution in [-0.2, 0) is 14.9 Å². The Bertz CT molecular complexity index is 877. The Morgan fingerprint density at radius 1 is 1.15 bits per heavy atom. The summed E-state index contributed by atoms with van der Waals surface area (Å²) in [6, 6.07) is 13.7. The van der Waals surface area contributed by atoms with E-state index in [9.17, 15) is 8.42 Å². The van der Waals surface area contributed by atoms with Crippen LogP contribution >= 0.6 is 23.2 Å². The van der Waals surface area contributed by atoms with Gasteiger partial charge >= 0.3 is 0 Å². The molecule has 1 aliphatic rings. The van der Waals surface area contributed by atoms with Gasteiger partial charge in [-0.05, 0) is 30.2 Å². The lowest BCUT2D eigenvalue weighted by Crippen LogP contribution is -2.40. The van der Waals surface area contributed by atoms with E-state index in [4.69, 9.17) is 28.0 Å². The summed E-state index contributed by atoms with van der Waals surface area (Å²) in [4.78, 5) is 5.51. The molecule has 1 heterocycles. The maximum absolute atomic E-state index is 13.0. The van der Waals surface area contributed by atoms with Crippen molar-refractivity contribution in [3.05, 3.63) is 69.7 Å². The fourth-order valence-electron chi connectivity index (χ4n) is 3.12. The molecule has 0 spiro atoms. The third kappa shape index (κ3) is 4.06. The molecule has 1 fully saturated rings. The van der Waals surface area contributed by atoms with Crippen molar-refractivity contribution in [2.24, 2.45) is 0 Å². The van der Waals surface area contributed by atoms with Crippen LogP contribution in [0, 0.1) is 0 Å². The molecule has 0 amide bonds. The van der Waals surface area contributed by atoms with Crippen molar-refractivity contribution in [3.8, 4) is 0 Å². The molecule has 1 aliphatic heterocycles. The quantitative estimate of drug-likeness (QED) is 0.803. The number of halogens is 2. The van der Waals surface area contributed by atoms with Crippen molar-refractivity contribution in [1.29, 1.82) is 0 Å². The Hall–Kier alpha value is -1.15. The zero-order valence-electron chi connectivity index (χ0n) is 14.4. The SMILES string of the molecule is C[C@H](NS(=O)(=O)[C@H]1CON(C)[C@@H]1c1ccc(Cl)c(Cl)c1)c1ccccc1. The molecule has 26 heavy (non-hydrogen) atoms.